The predicted molar refractivity (Wildman–Crippen MR) is 87.8 cm³/mol. The lowest BCUT2D eigenvalue weighted by atomic mass is 9.84. The summed E-state index contributed by atoms with van der Waals surface area (Å²) in [6.45, 7) is 6.59. The van der Waals surface area contributed by atoms with Crippen LogP contribution >= 0.6 is 0 Å². The number of guanidine groups is 1. The van der Waals surface area contributed by atoms with Gasteiger partial charge in [0.05, 0.1) is 6.10 Å². The SMILES string of the molecule is CN=C(NCC1CCCO1)NCC(C)(C)c1ccc(F)cc1. The second-order valence-corrected chi connectivity index (χ2v) is 6.33. The Morgan fingerprint density at radius 3 is 2.64 bits per heavy atom. The van der Waals surface area contributed by atoms with Gasteiger partial charge in [-0.3, -0.25) is 4.99 Å². The molecule has 1 aromatic carbocycles. The Balaban J connectivity index is 1.84. The average molecular weight is 307 g/mol. The Kier molecular flexibility index (Phi) is 5.77. The minimum atomic E-state index is -0.207. The molecule has 2 rings (SSSR count). The first kappa shape index (κ1) is 16.7. The van der Waals surface area contributed by atoms with E-state index in [2.05, 4.69) is 29.5 Å². The quantitative estimate of drug-likeness (QED) is 0.649. The third-order valence-corrected chi connectivity index (χ3v) is 4.07. The number of halogens is 1. The fourth-order valence-electron chi connectivity index (χ4n) is 2.54. The lowest BCUT2D eigenvalue weighted by Crippen LogP contribution is -2.45. The molecule has 1 fully saturated rings. The Labute approximate surface area is 132 Å². The van der Waals surface area contributed by atoms with E-state index in [4.69, 9.17) is 4.74 Å². The van der Waals surface area contributed by atoms with Crippen LogP contribution in [-0.4, -0.2) is 38.8 Å². The van der Waals surface area contributed by atoms with Crippen LogP contribution in [0.25, 0.3) is 0 Å². The molecule has 0 radical (unpaired) electrons. The van der Waals surface area contributed by atoms with Crippen LogP contribution in [-0.2, 0) is 10.2 Å². The molecule has 1 aromatic rings. The zero-order chi connectivity index (χ0) is 16.0. The van der Waals surface area contributed by atoms with Crippen molar-refractivity contribution in [3.8, 4) is 0 Å². The highest BCUT2D eigenvalue weighted by molar-refractivity contribution is 5.79. The molecule has 5 heteroatoms. The van der Waals surface area contributed by atoms with Crippen molar-refractivity contribution < 1.29 is 9.13 Å². The first-order chi connectivity index (χ1) is 10.5. The molecule has 0 saturated carbocycles. The lowest BCUT2D eigenvalue weighted by Gasteiger charge is -2.27. The van der Waals surface area contributed by atoms with E-state index in [1.165, 1.54) is 12.1 Å². The maximum absolute atomic E-state index is 13.0. The van der Waals surface area contributed by atoms with E-state index in [0.717, 1.165) is 37.5 Å². The van der Waals surface area contributed by atoms with Gasteiger partial charge in [-0.1, -0.05) is 26.0 Å². The minimum absolute atomic E-state index is 0.116. The lowest BCUT2D eigenvalue weighted by molar-refractivity contribution is 0.114. The third kappa shape index (κ3) is 4.70. The molecule has 0 bridgehead atoms. The molecule has 0 aromatic heterocycles. The number of benzene rings is 1. The number of hydrogen-bond acceptors (Lipinski definition) is 2. The Bertz CT molecular complexity index is 493. The summed E-state index contributed by atoms with van der Waals surface area (Å²) in [5.41, 5.74) is 0.978. The van der Waals surface area contributed by atoms with Crippen LogP contribution in [0.4, 0.5) is 4.39 Å². The number of ether oxygens (including phenoxy) is 1. The van der Waals surface area contributed by atoms with Gasteiger partial charge in [0.2, 0.25) is 0 Å². The maximum Gasteiger partial charge on any atom is 0.191 e. The summed E-state index contributed by atoms with van der Waals surface area (Å²) in [4.78, 5) is 4.24. The van der Waals surface area contributed by atoms with Crippen LogP contribution in [0, 0.1) is 5.82 Å². The van der Waals surface area contributed by atoms with Crippen LogP contribution < -0.4 is 10.6 Å². The van der Waals surface area contributed by atoms with Gasteiger partial charge in [-0.2, -0.15) is 0 Å². The summed E-state index contributed by atoms with van der Waals surface area (Å²) in [6, 6.07) is 6.67. The molecule has 2 N–H and O–H groups in total. The van der Waals surface area contributed by atoms with Crippen molar-refractivity contribution in [3.05, 3.63) is 35.6 Å². The molecule has 1 unspecified atom stereocenters. The number of aliphatic imine (C=N–C) groups is 1. The van der Waals surface area contributed by atoms with Crippen molar-refractivity contribution in [2.24, 2.45) is 4.99 Å². The van der Waals surface area contributed by atoms with Gasteiger partial charge in [0.25, 0.3) is 0 Å². The summed E-state index contributed by atoms with van der Waals surface area (Å²) in [6.07, 6.45) is 2.52. The molecule has 1 saturated heterocycles. The molecule has 4 nitrogen and oxygen atoms in total. The standard InChI is InChI=1S/C17H26FN3O/c1-17(2,13-6-8-14(18)9-7-13)12-21-16(19-3)20-11-15-5-4-10-22-15/h6-9,15H,4-5,10-12H2,1-3H3,(H2,19,20,21). The van der Waals surface area contributed by atoms with Crippen LogP contribution in [0.15, 0.2) is 29.3 Å². The van der Waals surface area contributed by atoms with Gasteiger partial charge >= 0.3 is 0 Å². The molecular formula is C17H26FN3O. The van der Waals surface area contributed by atoms with Crippen molar-refractivity contribution in [2.45, 2.75) is 38.2 Å². The van der Waals surface area contributed by atoms with E-state index < -0.39 is 0 Å². The smallest absolute Gasteiger partial charge is 0.191 e. The van der Waals surface area contributed by atoms with Crippen LogP contribution in [0.5, 0.6) is 0 Å². The number of nitrogens with zero attached hydrogens (tertiary/aromatic N) is 1. The fourth-order valence-corrected chi connectivity index (χ4v) is 2.54. The van der Waals surface area contributed by atoms with Crippen LogP contribution in [0.3, 0.4) is 0 Å². The van der Waals surface area contributed by atoms with E-state index in [0.29, 0.717) is 6.54 Å². The van der Waals surface area contributed by atoms with E-state index in [1.807, 2.05) is 12.1 Å². The van der Waals surface area contributed by atoms with Gasteiger partial charge in [-0.05, 0) is 30.5 Å². The summed E-state index contributed by atoms with van der Waals surface area (Å²) in [5.74, 6) is 0.562. The Morgan fingerprint density at radius 2 is 2.05 bits per heavy atom. The molecule has 22 heavy (non-hydrogen) atoms. The van der Waals surface area contributed by atoms with Crippen molar-refractivity contribution in [1.82, 2.24) is 10.6 Å². The molecule has 1 aliphatic rings. The first-order valence-electron chi connectivity index (χ1n) is 7.83. The van der Waals surface area contributed by atoms with Gasteiger partial charge in [0.15, 0.2) is 5.96 Å². The van der Waals surface area contributed by atoms with Crippen LogP contribution in [0.1, 0.15) is 32.3 Å². The zero-order valence-electron chi connectivity index (χ0n) is 13.7. The van der Waals surface area contributed by atoms with Gasteiger partial charge in [-0.25, -0.2) is 4.39 Å². The third-order valence-electron chi connectivity index (χ3n) is 4.07. The molecule has 1 atom stereocenters. The van der Waals surface area contributed by atoms with Gasteiger partial charge in [0, 0.05) is 32.2 Å². The van der Waals surface area contributed by atoms with Crippen molar-refractivity contribution in [2.75, 3.05) is 26.7 Å². The van der Waals surface area contributed by atoms with Crippen molar-refractivity contribution >= 4 is 5.96 Å². The minimum Gasteiger partial charge on any atom is -0.376 e. The summed E-state index contributed by atoms with van der Waals surface area (Å²) in [7, 11) is 1.76. The topological polar surface area (TPSA) is 45.7 Å². The summed E-state index contributed by atoms with van der Waals surface area (Å²) >= 11 is 0. The fraction of sp³-hybridized carbons (Fsp3) is 0.588. The van der Waals surface area contributed by atoms with Gasteiger partial charge in [-0.15, -0.1) is 0 Å². The number of rotatable bonds is 5. The largest absolute Gasteiger partial charge is 0.376 e. The second kappa shape index (κ2) is 7.58. The van der Waals surface area contributed by atoms with Crippen molar-refractivity contribution in [1.29, 1.82) is 0 Å². The summed E-state index contributed by atoms with van der Waals surface area (Å²) in [5, 5.41) is 6.63. The molecule has 1 heterocycles. The number of hydrogen-bond donors (Lipinski definition) is 2. The average Bonchev–Trinajstić information content (AvgIpc) is 3.01. The highest BCUT2D eigenvalue weighted by Crippen LogP contribution is 2.22. The van der Waals surface area contributed by atoms with E-state index >= 15 is 0 Å². The van der Waals surface area contributed by atoms with E-state index in [-0.39, 0.29) is 17.3 Å². The number of nitrogens with one attached hydrogen (secondary N) is 2. The highest BCUT2D eigenvalue weighted by atomic mass is 19.1. The molecule has 0 amide bonds. The van der Waals surface area contributed by atoms with Gasteiger partial charge in [0.1, 0.15) is 5.82 Å². The van der Waals surface area contributed by atoms with Gasteiger partial charge < -0.3 is 15.4 Å². The normalized spacial score (nSPS) is 19.3. The molecular weight excluding hydrogens is 281 g/mol. The Morgan fingerprint density at radius 1 is 1.32 bits per heavy atom. The molecule has 1 aliphatic heterocycles. The Hall–Kier alpha value is -1.62. The van der Waals surface area contributed by atoms with E-state index in [9.17, 15) is 4.39 Å². The molecule has 0 spiro atoms. The predicted octanol–water partition coefficient (Wildman–Crippen LogP) is 2.45. The summed E-state index contributed by atoms with van der Waals surface area (Å²) < 4.78 is 18.6. The molecule has 0 aliphatic carbocycles. The monoisotopic (exact) mass is 307 g/mol. The first-order valence-corrected chi connectivity index (χ1v) is 7.83. The maximum atomic E-state index is 13.0. The highest BCUT2D eigenvalue weighted by Gasteiger charge is 2.21. The van der Waals surface area contributed by atoms with E-state index in [1.54, 1.807) is 7.05 Å². The zero-order valence-corrected chi connectivity index (χ0v) is 13.7. The molecule has 122 valence electrons. The van der Waals surface area contributed by atoms with Crippen molar-refractivity contribution in [3.63, 3.8) is 0 Å². The second-order valence-electron chi connectivity index (χ2n) is 6.33. The van der Waals surface area contributed by atoms with Crippen LogP contribution in [0.2, 0.25) is 0 Å².